The lowest BCUT2D eigenvalue weighted by molar-refractivity contribution is 0.0748. The summed E-state index contributed by atoms with van der Waals surface area (Å²) in [7, 11) is 0. The van der Waals surface area contributed by atoms with Crippen LogP contribution in [0.3, 0.4) is 0 Å². The van der Waals surface area contributed by atoms with Crippen LogP contribution in [0.15, 0.2) is 11.6 Å². The lowest BCUT2D eigenvalue weighted by Crippen LogP contribution is -2.33. The van der Waals surface area contributed by atoms with Crippen LogP contribution in [-0.4, -0.2) is 0 Å². The fourth-order valence-corrected chi connectivity index (χ4v) is 2.32. The van der Waals surface area contributed by atoms with Gasteiger partial charge in [0.05, 0.1) is 0 Å². The van der Waals surface area contributed by atoms with Gasteiger partial charge in [0.2, 0.25) is 0 Å². The SMILES string of the molecule is CC(=CCC1CCC1(C)C)CCC(C)C. The molecule has 0 saturated heterocycles. The third-order valence-corrected chi connectivity index (χ3v) is 4.11. The van der Waals surface area contributed by atoms with Gasteiger partial charge in [-0.15, -0.1) is 0 Å². The highest BCUT2D eigenvalue weighted by molar-refractivity contribution is 5.02. The summed E-state index contributed by atoms with van der Waals surface area (Å²) in [5, 5.41) is 0. The van der Waals surface area contributed by atoms with Crippen molar-refractivity contribution < 1.29 is 0 Å². The molecule has 15 heavy (non-hydrogen) atoms. The van der Waals surface area contributed by atoms with Gasteiger partial charge in [0.25, 0.3) is 0 Å². The molecule has 0 aromatic carbocycles. The smallest absolute Gasteiger partial charge is 0.0315 e. The van der Waals surface area contributed by atoms with Crippen LogP contribution in [0.2, 0.25) is 0 Å². The summed E-state index contributed by atoms with van der Waals surface area (Å²) in [6, 6.07) is 0. The highest BCUT2D eigenvalue weighted by Gasteiger charge is 2.36. The minimum Gasteiger partial charge on any atom is -0.0853 e. The Morgan fingerprint density at radius 2 is 2.07 bits per heavy atom. The van der Waals surface area contributed by atoms with Crippen LogP contribution in [-0.2, 0) is 0 Å². The molecule has 0 aromatic rings. The summed E-state index contributed by atoms with van der Waals surface area (Å²) < 4.78 is 0. The van der Waals surface area contributed by atoms with E-state index in [2.05, 4.69) is 40.7 Å². The molecule has 0 bridgehead atoms. The van der Waals surface area contributed by atoms with Gasteiger partial charge in [0, 0.05) is 0 Å². The summed E-state index contributed by atoms with van der Waals surface area (Å²) in [6.07, 6.45) is 9.32. The average Bonchev–Trinajstić information content (AvgIpc) is 2.13. The Bertz CT molecular complexity index is 220. The van der Waals surface area contributed by atoms with E-state index in [4.69, 9.17) is 0 Å². The van der Waals surface area contributed by atoms with E-state index in [9.17, 15) is 0 Å². The van der Waals surface area contributed by atoms with Gasteiger partial charge in [-0.1, -0.05) is 39.3 Å². The molecule has 1 saturated carbocycles. The maximum atomic E-state index is 2.49. The second-order valence-corrected chi connectivity index (χ2v) is 6.44. The Morgan fingerprint density at radius 3 is 2.47 bits per heavy atom. The molecule has 0 heteroatoms. The predicted octanol–water partition coefficient (Wildman–Crippen LogP) is 5.20. The summed E-state index contributed by atoms with van der Waals surface area (Å²) in [4.78, 5) is 0. The molecule has 1 atom stereocenters. The minimum absolute atomic E-state index is 0.620. The maximum absolute atomic E-state index is 2.49. The number of rotatable bonds is 5. The quantitative estimate of drug-likeness (QED) is 0.545. The van der Waals surface area contributed by atoms with E-state index in [1.807, 2.05) is 0 Å². The van der Waals surface area contributed by atoms with Gasteiger partial charge in [-0.05, 0) is 56.3 Å². The van der Waals surface area contributed by atoms with Gasteiger partial charge in [-0.3, -0.25) is 0 Å². The van der Waals surface area contributed by atoms with E-state index in [0.717, 1.165) is 11.8 Å². The van der Waals surface area contributed by atoms with E-state index in [0.29, 0.717) is 5.41 Å². The zero-order valence-corrected chi connectivity index (χ0v) is 11.3. The summed E-state index contributed by atoms with van der Waals surface area (Å²) in [6.45, 7) is 11.7. The summed E-state index contributed by atoms with van der Waals surface area (Å²) in [5.41, 5.74) is 2.22. The average molecular weight is 208 g/mol. The highest BCUT2D eigenvalue weighted by atomic mass is 14.4. The van der Waals surface area contributed by atoms with Gasteiger partial charge in [-0.2, -0.15) is 0 Å². The third kappa shape index (κ3) is 4.01. The molecule has 0 nitrogen and oxygen atoms in total. The van der Waals surface area contributed by atoms with E-state index < -0.39 is 0 Å². The van der Waals surface area contributed by atoms with Crippen LogP contribution in [0.4, 0.5) is 0 Å². The fourth-order valence-electron chi connectivity index (χ4n) is 2.32. The Hall–Kier alpha value is -0.260. The first kappa shape index (κ1) is 12.8. The largest absolute Gasteiger partial charge is 0.0853 e. The molecular weight excluding hydrogens is 180 g/mol. The van der Waals surface area contributed by atoms with E-state index in [1.54, 1.807) is 5.57 Å². The Labute approximate surface area is 96.2 Å². The van der Waals surface area contributed by atoms with Gasteiger partial charge < -0.3 is 0 Å². The number of allylic oxidation sites excluding steroid dienone is 2. The van der Waals surface area contributed by atoms with Crippen LogP contribution in [0.5, 0.6) is 0 Å². The maximum Gasteiger partial charge on any atom is -0.0315 e. The van der Waals surface area contributed by atoms with Crippen molar-refractivity contribution in [2.24, 2.45) is 17.3 Å². The molecule has 0 spiro atoms. The van der Waals surface area contributed by atoms with Crippen LogP contribution in [0, 0.1) is 17.3 Å². The van der Waals surface area contributed by atoms with Crippen molar-refractivity contribution in [3.63, 3.8) is 0 Å². The van der Waals surface area contributed by atoms with Crippen LogP contribution >= 0.6 is 0 Å². The van der Waals surface area contributed by atoms with Gasteiger partial charge in [0.1, 0.15) is 0 Å². The van der Waals surface area contributed by atoms with Crippen molar-refractivity contribution >= 4 is 0 Å². The molecule has 0 N–H and O–H groups in total. The van der Waals surface area contributed by atoms with Crippen molar-refractivity contribution in [2.75, 3.05) is 0 Å². The lowest BCUT2D eigenvalue weighted by Gasteiger charge is -2.44. The summed E-state index contributed by atoms with van der Waals surface area (Å²) >= 11 is 0. The molecule has 0 heterocycles. The molecule has 1 rings (SSSR count). The summed E-state index contributed by atoms with van der Waals surface area (Å²) in [5.74, 6) is 1.79. The normalized spacial score (nSPS) is 25.5. The second kappa shape index (κ2) is 5.18. The molecule has 0 aromatic heterocycles. The van der Waals surface area contributed by atoms with Crippen LogP contribution in [0.25, 0.3) is 0 Å². The first-order valence-electron chi connectivity index (χ1n) is 6.57. The van der Waals surface area contributed by atoms with Crippen molar-refractivity contribution in [1.29, 1.82) is 0 Å². The van der Waals surface area contributed by atoms with Crippen molar-refractivity contribution in [3.8, 4) is 0 Å². The molecule has 0 radical (unpaired) electrons. The second-order valence-electron chi connectivity index (χ2n) is 6.44. The van der Waals surface area contributed by atoms with E-state index >= 15 is 0 Å². The Balaban J connectivity index is 2.25. The van der Waals surface area contributed by atoms with E-state index in [1.165, 1.54) is 32.1 Å². The molecule has 1 aliphatic rings. The molecule has 1 unspecified atom stereocenters. The van der Waals surface area contributed by atoms with Gasteiger partial charge >= 0.3 is 0 Å². The van der Waals surface area contributed by atoms with Crippen molar-refractivity contribution in [2.45, 2.75) is 66.7 Å². The standard InChI is InChI=1S/C15H28/c1-12(2)6-7-13(3)8-9-14-10-11-15(14,4)5/h8,12,14H,6-7,9-11H2,1-5H3. The van der Waals surface area contributed by atoms with E-state index in [-0.39, 0.29) is 0 Å². The molecule has 0 aliphatic heterocycles. The van der Waals surface area contributed by atoms with Crippen molar-refractivity contribution in [3.05, 3.63) is 11.6 Å². The van der Waals surface area contributed by atoms with Gasteiger partial charge in [0.15, 0.2) is 0 Å². The number of hydrogen-bond donors (Lipinski definition) is 0. The predicted molar refractivity (Wildman–Crippen MR) is 69.0 cm³/mol. The third-order valence-electron chi connectivity index (χ3n) is 4.11. The fraction of sp³-hybridized carbons (Fsp3) is 0.867. The van der Waals surface area contributed by atoms with Gasteiger partial charge in [-0.25, -0.2) is 0 Å². The van der Waals surface area contributed by atoms with Crippen molar-refractivity contribution in [1.82, 2.24) is 0 Å². The zero-order valence-electron chi connectivity index (χ0n) is 11.3. The Kier molecular flexibility index (Phi) is 4.43. The molecular formula is C15H28. The minimum atomic E-state index is 0.620. The highest BCUT2D eigenvalue weighted by Crippen LogP contribution is 2.47. The Morgan fingerprint density at radius 1 is 1.40 bits per heavy atom. The monoisotopic (exact) mass is 208 g/mol. The first-order chi connectivity index (χ1) is 6.92. The first-order valence-corrected chi connectivity index (χ1v) is 6.57. The molecule has 1 aliphatic carbocycles. The van der Waals surface area contributed by atoms with Crippen LogP contribution in [0.1, 0.15) is 66.7 Å². The molecule has 1 fully saturated rings. The molecule has 0 amide bonds. The lowest BCUT2D eigenvalue weighted by atomic mass is 9.61. The topological polar surface area (TPSA) is 0 Å². The number of hydrogen-bond acceptors (Lipinski definition) is 0. The zero-order chi connectivity index (χ0) is 11.5. The molecule has 88 valence electrons. The van der Waals surface area contributed by atoms with Crippen LogP contribution < -0.4 is 0 Å².